The third-order valence-electron chi connectivity index (χ3n) is 6.11. The molecule has 1 atom stereocenters. The number of likely N-dealkylation sites (tertiary alicyclic amines) is 2. The molecule has 1 unspecified atom stereocenters. The van der Waals surface area contributed by atoms with Gasteiger partial charge in [-0.2, -0.15) is 0 Å². The topological polar surface area (TPSA) is 93.2 Å². The highest BCUT2D eigenvalue weighted by Crippen LogP contribution is 2.23. The fourth-order valence-corrected chi connectivity index (χ4v) is 4.49. The summed E-state index contributed by atoms with van der Waals surface area (Å²) in [5.41, 5.74) is 0.0728. The van der Waals surface area contributed by atoms with Gasteiger partial charge in [-0.3, -0.25) is 10.2 Å². The molecule has 9 nitrogen and oxygen atoms in total. The molecule has 0 spiro atoms. The zero-order valence-corrected chi connectivity index (χ0v) is 22.8. The van der Waals surface area contributed by atoms with Crippen LogP contribution in [0, 0.1) is 0 Å². The third-order valence-corrected chi connectivity index (χ3v) is 6.11. The first-order valence-corrected chi connectivity index (χ1v) is 13.2. The van der Waals surface area contributed by atoms with Crippen LogP contribution < -0.4 is 5.32 Å². The number of nitrogens with zero attached hydrogens (tertiary/aromatic N) is 3. The first kappa shape index (κ1) is 28.2. The first-order valence-electron chi connectivity index (χ1n) is 13.2. The van der Waals surface area contributed by atoms with Crippen molar-refractivity contribution in [1.29, 1.82) is 0 Å². The van der Waals surface area contributed by atoms with E-state index in [0.717, 1.165) is 63.8 Å². The summed E-state index contributed by atoms with van der Waals surface area (Å²) in [7, 11) is 0. The number of piperidine rings is 1. The van der Waals surface area contributed by atoms with Crippen LogP contribution in [0.4, 0.5) is 15.4 Å². The molecule has 2 saturated heterocycles. The summed E-state index contributed by atoms with van der Waals surface area (Å²) in [6.45, 7) is 15.3. The maximum absolute atomic E-state index is 12.4. The van der Waals surface area contributed by atoms with Gasteiger partial charge in [0.25, 0.3) is 0 Å². The van der Waals surface area contributed by atoms with E-state index in [1.165, 1.54) is 0 Å². The fourth-order valence-electron chi connectivity index (χ4n) is 4.49. The Labute approximate surface area is 215 Å². The molecule has 0 radical (unpaired) electrons. The third kappa shape index (κ3) is 9.93. The van der Waals surface area contributed by atoms with Gasteiger partial charge in [0.15, 0.2) is 0 Å². The SMILES string of the molecule is CC(C)(C)OC(=O)Nc1cc(CN2CCC(OC3CCCN(C(=O)OC(C)(C)C)CC3)CC2)ccn1. The Kier molecular flexibility index (Phi) is 9.58. The second-order valence-corrected chi connectivity index (χ2v) is 11.8. The molecule has 9 heteroatoms. The molecule has 202 valence electrons. The number of hydrogen-bond donors (Lipinski definition) is 1. The standard InChI is InChI=1S/C27H44N4O5/c1-26(2,3)35-24(32)29-23-18-20(9-13-28-23)19-30-15-10-22(11-16-30)34-21-8-7-14-31(17-12-21)25(33)36-27(4,5)6/h9,13,18,21-22H,7-8,10-12,14-17,19H2,1-6H3,(H,28,29,32). The van der Waals surface area contributed by atoms with Crippen LogP contribution in [0.3, 0.4) is 0 Å². The number of amides is 2. The van der Waals surface area contributed by atoms with Crippen LogP contribution in [0.1, 0.15) is 79.2 Å². The molecule has 0 bridgehead atoms. The zero-order chi connectivity index (χ0) is 26.3. The average Bonchev–Trinajstić information content (AvgIpc) is 2.98. The second kappa shape index (κ2) is 12.2. The summed E-state index contributed by atoms with van der Waals surface area (Å²) < 4.78 is 17.3. The smallest absolute Gasteiger partial charge is 0.413 e. The monoisotopic (exact) mass is 504 g/mol. The van der Waals surface area contributed by atoms with E-state index in [1.54, 1.807) is 6.20 Å². The van der Waals surface area contributed by atoms with Crippen LogP contribution in [-0.4, -0.2) is 76.6 Å². The van der Waals surface area contributed by atoms with E-state index in [9.17, 15) is 9.59 Å². The molecule has 0 saturated carbocycles. The summed E-state index contributed by atoms with van der Waals surface area (Å²) in [6, 6.07) is 3.87. The van der Waals surface area contributed by atoms with Crippen molar-refractivity contribution in [2.45, 2.75) is 104 Å². The molecular weight excluding hydrogens is 460 g/mol. The minimum atomic E-state index is -0.553. The van der Waals surface area contributed by atoms with E-state index in [1.807, 2.05) is 58.6 Å². The minimum Gasteiger partial charge on any atom is -0.444 e. The average molecular weight is 505 g/mol. The number of ether oxygens (including phenoxy) is 3. The lowest BCUT2D eigenvalue weighted by atomic mass is 10.1. The molecule has 36 heavy (non-hydrogen) atoms. The molecular formula is C27H44N4O5. The van der Waals surface area contributed by atoms with Gasteiger partial charge in [-0.1, -0.05) is 0 Å². The Bertz CT molecular complexity index is 872. The van der Waals surface area contributed by atoms with Crippen molar-refractivity contribution in [3.8, 4) is 0 Å². The van der Waals surface area contributed by atoms with E-state index in [-0.39, 0.29) is 18.3 Å². The highest BCUT2D eigenvalue weighted by molar-refractivity contribution is 5.83. The van der Waals surface area contributed by atoms with E-state index in [2.05, 4.69) is 15.2 Å². The second-order valence-electron chi connectivity index (χ2n) is 11.8. The van der Waals surface area contributed by atoms with Crippen LogP contribution in [0.5, 0.6) is 0 Å². The summed E-state index contributed by atoms with van der Waals surface area (Å²) >= 11 is 0. The van der Waals surface area contributed by atoms with Gasteiger partial charge >= 0.3 is 12.2 Å². The van der Waals surface area contributed by atoms with Crippen LogP contribution in [0.2, 0.25) is 0 Å². The summed E-state index contributed by atoms with van der Waals surface area (Å²) in [6.07, 6.45) is 6.16. The Morgan fingerprint density at radius 2 is 1.58 bits per heavy atom. The number of rotatable bonds is 5. The molecule has 1 aromatic heterocycles. The molecule has 3 rings (SSSR count). The maximum atomic E-state index is 12.4. The van der Waals surface area contributed by atoms with Gasteiger partial charge in [-0.05, 0) is 91.3 Å². The zero-order valence-electron chi connectivity index (χ0n) is 22.8. The van der Waals surface area contributed by atoms with Gasteiger partial charge in [0.2, 0.25) is 0 Å². The van der Waals surface area contributed by atoms with E-state index in [4.69, 9.17) is 14.2 Å². The Balaban J connectivity index is 1.40. The molecule has 3 heterocycles. The number of carbonyl (C=O) groups is 2. The highest BCUT2D eigenvalue weighted by atomic mass is 16.6. The number of carbonyl (C=O) groups excluding carboxylic acids is 2. The van der Waals surface area contributed by atoms with Gasteiger partial charge in [0, 0.05) is 38.9 Å². The van der Waals surface area contributed by atoms with E-state index < -0.39 is 17.3 Å². The fraction of sp³-hybridized carbons (Fsp3) is 0.741. The van der Waals surface area contributed by atoms with Crippen LogP contribution in [0.15, 0.2) is 18.3 Å². The van der Waals surface area contributed by atoms with Crippen LogP contribution >= 0.6 is 0 Å². The first-order chi connectivity index (χ1) is 16.9. The molecule has 2 aliphatic rings. The molecule has 0 aromatic carbocycles. The maximum Gasteiger partial charge on any atom is 0.413 e. The quantitative estimate of drug-likeness (QED) is 0.589. The lowest BCUT2D eigenvalue weighted by molar-refractivity contribution is -0.0484. The molecule has 2 aliphatic heterocycles. The normalized spacial score (nSPS) is 20.5. The van der Waals surface area contributed by atoms with Crippen molar-refractivity contribution < 1.29 is 23.8 Å². The molecule has 2 amide bonds. The number of hydrogen-bond acceptors (Lipinski definition) is 7. The lowest BCUT2D eigenvalue weighted by Gasteiger charge is -2.34. The van der Waals surface area contributed by atoms with Gasteiger partial charge < -0.3 is 19.1 Å². The predicted molar refractivity (Wildman–Crippen MR) is 139 cm³/mol. The van der Waals surface area contributed by atoms with Gasteiger partial charge in [0.05, 0.1) is 12.2 Å². The Hall–Kier alpha value is -2.39. The minimum absolute atomic E-state index is 0.190. The lowest BCUT2D eigenvalue weighted by Crippen LogP contribution is -2.39. The van der Waals surface area contributed by atoms with Crippen LogP contribution in [-0.2, 0) is 20.8 Å². The van der Waals surface area contributed by atoms with Crippen LogP contribution in [0.25, 0.3) is 0 Å². The number of nitrogens with one attached hydrogen (secondary N) is 1. The highest BCUT2D eigenvalue weighted by Gasteiger charge is 2.28. The number of pyridine rings is 1. The van der Waals surface area contributed by atoms with Crippen molar-refractivity contribution in [2.75, 3.05) is 31.5 Å². The predicted octanol–water partition coefficient (Wildman–Crippen LogP) is 5.20. The van der Waals surface area contributed by atoms with Crippen molar-refractivity contribution in [1.82, 2.24) is 14.8 Å². The van der Waals surface area contributed by atoms with Crippen molar-refractivity contribution >= 4 is 18.0 Å². The molecule has 1 aromatic rings. The number of aromatic nitrogens is 1. The van der Waals surface area contributed by atoms with Crippen molar-refractivity contribution in [2.24, 2.45) is 0 Å². The summed E-state index contributed by atoms with van der Waals surface area (Å²) in [4.78, 5) is 32.9. The summed E-state index contributed by atoms with van der Waals surface area (Å²) in [5, 5.41) is 2.71. The van der Waals surface area contributed by atoms with Gasteiger partial charge in [0.1, 0.15) is 17.0 Å². The van der Waals surface area contributed by atoms with Gasteiger partial charge in [-0.25, -0.2) is 14.6 Å². The molecule has 1 N–H and O–H groups in total. The number of anilines is 1. The van der Waals surface area contributed by atoms with E-state index in [0.29, 0.717) is 12.4 Å². The largest absolute Gasteiger partial charge is 0.444 e. The Morgan fingerprint density at radius 3 is 2.25 bits per heavy atom. The Morgan fingerprint density at radius 1 is 0.944 bits per heavy atom. The molecule has 2 fully saturated rings. The molecule has 0 aliphatic carbocycles. The summed E-state index contributed by atoms with van der Waals surface area (Å²) in [5.74, 6) is 0.494. The van der Waals surface area contributed by atoms with E-state index >= 15 is 0 Å². The van der Waals surface area contributed by atoms with Gasteiger partial charge in [-0.15, -0.1) is 0 Å². The van der Waals surface area contributed by atoms with Crippen molar-refractivity contribution in [3.63, 3.8) is 0 Å². The van der Waals surface area contributed by atoms with Crippen molar-refractivity contribution in [3.05, 3.63) is 23.9 Å².